The zero-order valence-corrected chi connectivity index (χ0v) is 20.3. The largest absolute Gasteiger partial charge is 0.504 e. The van der Waals surface area contributed by atoms with E-state index >= 15 is 0 Å². The number of aromatic nitrogens is 4. The Kier molecular flexibility index (Phi) is 5.66. The number of aliphatic imine (C=N–C) groups is 1. The molecule has 4 heterocycles. The molecule has 0 spiro atoms. The van der Waals surface area contributed by atoms with Gasteiger partial charge in [0.15, 0.2) is 17.4 Å². The lowest BCUT2D eigenvalue weighted by Gasteiger charge is -2.13. The first-order chi connectivity index (χ1) is 16.3. The number of carbonyl (C=O) groups excluding carboxylic acids is 1. The summed E-state index contributed by atoms with van der Waals surface area (Å²) >= 11 is 7.79. The second-order valence-corrected chi connectivity index (χ2v) is 9.67. The number of nitrogens with zero attached hydrogens (tertiary/aromatic N) is 5. The molecule has 0 radical (unpaired) electrons. The van der Waals surface area contributed by atoms with Crippen molar-refractivity contribution in [2.45, 2.75) is 33.2 Å². The predicted molar refractivity (Wildman–Crippen MR) is 132 cm³/mol. The van der Waals surface area contributed by atoms with Crippen molar-refractivity contribution in [3.8, 4) is 10.8 Å². The van der Waals surface area contributed by atoms with E-state index in [1.165, 1.54) is 17.1 Å². The molecule has 10 heteroatoms. The minimum atomic E-state index is -0.600. The highest BCUT2D eigenvalue weighted by molar-refractivity contribution is 7.15. The van der Waals surface area contributed by atoms with Gasteiger partial charge in [-0.25, -0.2) is 4.98 Å². The Balaban J connectivity index is 1.63. The zero-order valence-electron chi connectivity index (χ0n) is 18.7. The van der Waals surface area contributed by atoms with E-state index in [2.05, 4.69) is 34.3 Å². The number of aromatic hydroxyl groups is 1. The van der Waals surface area contributed by atoms with E-state index in [9.17, 15) is 9.90 Å². The molecule has 1 aliphatic rings. The molecule has 4 aromatic rings. The summed E-state index contributed by atoms with van der Waals surface area (Å²) < 4.78 is 1.99. The molecule has 0 saturated carbocycles. The number of hydrogen-bond acceptors (Lipinski definition) is 7. The van der Waals surface area contributed by atoms with Gasteiger partial charge in [0, 0.05) is 27.2 Å². The van der Waals surface area contributed by atoms with Crippen molar-refractivity contribution in [3.05, 3.63) is 80.8 Å². The normalized spacial score (nSPS) is 14.7. The smallest absolute Gasteiger partial charge is 0.228 e. The van der Waals surface area contributed by atoms with E-state index in [1.54, 1.807) is 17.4 Å². The van der Waals surface area contributed by atoms with Gasteiger partial charge in [0.05, 0.1) is 12.1 Å². The third-order valence-electron chi connectivity index (χ3n) is 5.78. The number of anilines is 1. The number of amides is 1. The summed E-state index contributed by atoms with van der Waals surface area (Å²) in [5, 5.41) is 23.0. The van der Waals surface area contributed by atoms with Crippen molar-refractivity contribution in [2.24, 2.45) is 4.99 Å². The summed E-state index contributed by atoms with van der Waals surface area (Å²) in [5.74, 6) is 0.964. The van der Waals surface area contributed by atoms with Crippen LogP contribution >= 0.6 is 22.9 Å². The quantitative estimate of drug-likeness (QED) is 0.420. The Hall–Kier alpha value is -3.56. The number of hydrogen-bond donors (Lipinski definition) is 2. The SMILES string of the molecule is Cc1sc2c(c1C)C(c1ccc(Cl)cc1)=NC(CC(=O)Nc1ncccc1O)c1nnc(C)n1-2. The molecule has 3 aromatic heterocycles. The van der Waals surface area contributed by atoms with Crippen LogP contribution in [0.25, 0.3) is 5.00 Å². The fourth-order valence-electron chi connectivity index (χ4n) is 3.98. The van der Waals surface area contributed by atoms with Gasteiger partial charge in [0.25, 0.3) is 0 Å². The third kappa shape index (κ3) is 3.86. The Labute approximate surface area is 205 Å². The van der Waals surface area contributed by atoms with Crippen LogP contribution in [0.1, 0.15) is 45.7 Å². The monoisotopic (exact) mass is 492 g/mol. The Morgan fingerprint density at radius 3 is 2.68 bits per heavy atom. The van der Waals surface area contributed by atoms with Gasteiger partial charge in [-0.1, -0.05) is 23.7 Å². The number of aryl methyl sites for hydroxylation is 2. The highest BCUT2D eigenvalue weighted by atomic mass is 35.5. The lowest BCUT2D eigenvalue weighted by molar-refractivity contribution is -0.116. The lowest BCUT2D eigenvalue weighted by Crippen LogP contribution is -2.18. The van der Waals surface area contributed by atoms with E-state index in [4.69, 9.17) is 16.6 Å². The van der Waals surface area contributed by atoms with E-state index < -0.39 is 6.04 Å². The van der Waals surface area contributed by atoms with Crippen molar-refractivity contribution in [3.63, 3.8) is 0 Å². The fraction of sp³-hybridized carbons (Fsp3) is 0.208. The van der Waals surface area contributed by atoms with E-state index in [1.807, 2.05) is 35.8 Å². The molecule has 172 valence electrons. The molecule has 34 heavy (non-hydrogen) atoms. The molecule has 2 N–H and O–H groups in total. The maximum atomic E-state index is 13.0. The van der Waals surface area contributed by atoms with Gasteiger partial charge >= 0.3 is 0 Å². The zero-order chi connectivity index (χ0) is 24.0. The Bertz CT molecular complexity index is 1440. The van der Waals surface area contributed by atoms with Crippen LogP contribution in [0, 0.1) is 20.8 Å². The molecule has 5 rings (SSSR count). The van der Waals surface area contributed by atoms with Crippen LogP contribution < -0.4 is 5.32 Å². The van der Waals surface area contributed by atoms with Crippen molar-refractivity contribution in [2.75, 3.05) is 5.32 Å². The average molecular weight is 493 g/mol. The number of nitrogens with one attached hydrogen (secondary N) is 1. The van der Waals surface area contributed by atoms with E-state index in [0.29, 0.717) is 10.8 Å². The number of thiophene rings is 1. The van der Waals surface area contributed by atoms with Crippen molar-refractivity contribution < 1.29 is 9.90 Å². The summed E-state index contributed by atoms with van der Waals surface area (Å²) in [4.78, 5) is 23.2. The summed E-state index contributed by atoms with van der Waals surface area (Å²) in [5.41, 5.74) is 3.79. The fourth-order valence-corrected chi connectivity index (χ4v) is 5.32. The van der Waals surface area contributed by atoms with Gasteiger partial charge in [0.1, 0.15) is 16.9 Å². The maximum absolute atomic E-state index is 13.0. The van der Waals surface area contributed by atoms with Crippen molar-refractivity contribution in [1.82, 2.24) is 19.7 Å². The van der Waals surface area contributed by atoms with Gasteiger partial charge in [-0.3, -0.25) is 14.4 Å². The van der Waals surface area contributed by atoms with Crippen molar-refractivity contribution >= 4 is 40.4 Å². The summed E-state index contributed by atoms with van der Waals surface area (Å²) in [6.07, 6.45) is 1.50. The number of pyridine rings is 1. The minimum absolute atomic E-state index is 0.00178. The first-order valence-corrected chi connectivity index (χ1v) is 11.8. The van der Waals surface area contributed by atoms with Crippen LogP contribution in [0.4, 0.5) is 5.82 Å². The topological polar surface area (TPSA) is 105 Å². The van der Waals surface area contributed by atoms with Crippen LogP contribution in [-0.4, -0.2) is 36.5 Å². The highest BCUT2D eigenvalue weighted by Crippen LogP contribution is 2.39. The second kappa shape index (κ2) is 8.66. The lowest BCUT2D eigenvalue weighted by atomic mass is 9.99. The Morgan fingerprint density at radius 1 is 1.18 bits per heavy atom. The third-order valence-corrected chi connectivity index (χ3v) is 7.22. The van der Waals surface area contributed by atoms with E-state index in [-0.39, 0.29) is 23.9 Å². The van der Waals surface area contributed by atoms with Crippen LogP contribution in [0.5, 0.6) is 5.75 Å². The number of halogens is 1. The highest BCUT2D eigenvalue weighted by Gasteiger charge is 2.32. The van der Waals surface area contributed by atoms with Gasteiger partial charge in [0.2, 0.25) is 5.91 Å². The minimum Gasteiger partial charge on any atom is -0.504 e. The molecule has 1 unspecified atom stereocenters. The average Bonchev–Trinajstić information content (AvgIpc) is 3.28. The van der Waals surface area contributed by atoms with Crippen LogP contribution in [-0.2, 0) is 4.79 Å². The molecule has 8 nitrogen and oxygen atoms in total. The number of carbonyl (C=O) groups is 1. The number of rotatable bonds is 4. The molecule has 1 aromatic carbocycles. The Morgan fingerprint density at radius 2 is 1.94 bits per heavy atom. The molecule has 1 aliphatic heterocycles. The van der Waals surface area contributed by atoms with Gasteiger partial charge in [-0.05, 0) is 50.6 Å². The molecule has 0 saturated heterocycles. The molecule has 1 amide bonds. The van der Waals surface area contributed by atoms with E-state index in [0.717, 1.165) is 33.2 Å². The molecule has 0 fully saturated rings. The van der Waals surface area contributed by atoms with Crippen LogP contribution in [0.3, 0.4) is 0 Å². The standard InChI is InChI=1S/C24H21ClN6O2S/c1-12-13(2)34-24-20(12)21(15-6-8-16(25)9-7-15)27-17(23-30-29-14(3)31(23)24)11-19(33)28-22-18(32)5-4-10-26-22/h4-10,17,32H,11H2,1-3H3,(H,26,28,33). The number of benzene rings is 1. The van der Waals surface area contributed by atoms with Gasteiger partial charge < -0.3 is 10.4 Å². The van der Waals surface area contributed by atoms with Crippen LogP contribution in [0.2, 0.25) is 5.02 Å². The molecular weight excluding hydrogens is 472 g/mol. The second-order valence-electron chi connectivity index (χ2n) is 8.03. The summed E-state index contributed by atoms with van der Waals surface area (Å²) in [6, 6.07) is 9.97. The maximum Gasteiger partial charge on any atom is 0.228 e. The molecule has 1 atom stereocenters. The summed E-state index contributed by atoms with van der Waals surface area (Å²) in [7, 11) is 0. The molecular formula is C24H21ClN6O2S. The first-order valence-electron chi connectivity index (χ1n) is 10.6. The molecule has 0 aliphatic carbocycles. The first kappa shape index (κ1) is 22.2. The summed E-state index contributed by atoms with van der Waals surface area (Å²) in [6.45, 7) is 6.05. The van der Waals surface area contributed by atoms with Gasteiger partial charge in [-0.2, -0.15) is 0 Å². The van der Waals surface area contributed by atoms with Gasteiger partial charge in [-0.15, -0.1) is 21.5 Å². The van der Waals surface area contributed by atoms with Crippen LogP contribution in [0.15, 0.2) is 47.6 Å². The van der Waals surface area contributed by atoms with Crippen molar-refractivity contribution in [1.29, 1.82) is 0 Å². The predicted octanol–water partition coefficient (Wildman–Crippen LogP) is 4.93. The number of fused-ring (bicyclic) bond motifs is 3. The molecule has 0 bridgehead atoms.